The van der Waals surface area contributed by atoms with Gasteiger partial charge in [-0.15, -0.1) is 0 Å². The van der Waals surface area contributed by atoms with Crippen molar-refractivity contribution >= 4 is 18.3 Å². The SMILES string of the molecule is COC(=O)CC=Cc1ccc(F)cc1C=O. The lowest BCUT2D eigenvalue weighted by Crippen LogP contribution is -1.96. The highest BCUT2D eigenvalue weighted by molar-refractivity contribution is 5.82. The van der Waals surface area contributed by atoms with Crippen LogP contribution < -0.4 is 0 Å². The molecule has 0 aliphatic rings. The standard InChI is InChI=1S/C12H11FO3/c1-16-12(15)4-2-3-9-5-6-11(13)7-10(9)8-14/h2-3,5-8H,4H2,1H3. The normalized spacial score (nSPS) is 10.4. The molecule has 0 atom stereocenters. The summed E-state index contributed by atoms with van der Waals surface area (Å²) in [5.74, 6) is -0.835. The average molecular weight is 222 g/mol. The Labute approximate surface area is 92.5 Å². The molecule has 0 aliphatic carbocycles. The van der Waals surface area contributed by atoms with E-state index >= 15 is 0 Å². The fourth-order valence-corrected chi connectivity index (χ4v) is 1.16. The van der Waals surface area contributed by atoms with E-state index in [4.69, 9.17) is 0 Å². The van der Waals surface area contributed by atoms with E-state index in [1.54, 1.807) is 12.2 Å². The van der Waals surface area contributed by atoms with Crippen molar-refractivity contribution in [3.63, 3.8) is 0 Å². The lowest BCUT2D eigenvalue weighted by Gasteiger charge is -1.98. The molecule has 0 unspecified atom stereocenters. The summed E-state index contributed by atoms with van der Waals surface area (Å²) < 4.78 is 17.2. The van der Waals surface area contributed by atoms with Gasteiger partial charge in [-0.1, -0.05) is 18.2 Å². The van der Waals surface area contributed by atoms with Crippen molar-refractivity contribution in [3.8, 4) is 0 Å². The van der Waals surface area contributed by atoms with Crippen LogP contribution in [0.5, 0.6) is 0 Å². The van der Waals surface area contributed by atoms with E-state index in [9.17, 15) is 14.0 Å². The number of halogens is 1. The first-order valence-electron chi connectivity index (χ1n) is 4.65. The molecule has 0 aromatic heterocycles. The number of hydrogen-bond donors (Lipinski definition) is 0. The Balaban J connectivity index is 2.80. The summed E-state index contributed by atoms with van der Waals surface area (Å²) >= 11 is 0. The van der Waals surface area contributed by atoms with Gasteiger partial charge in [0.15, 0.2) is 6.29 Å². The van der Waals surface area contributed by atoms with E-state index in [2.05, 4.69) is 4.74 Å². The number of carbonyl (C=O) groups excluding carboxylic acids is 2. The zero-order valence-electron chi connectivity index (χ0n) is 8.77. The second-order valence-electron chi connectivity index (χ2n) is 3.07. The van der Waals surface area contributed by atoms with Crippen LogP contribution in [-0.2, 0) is 9.53 Å². The molecule has 3 nitrogen and oxygen atoms in total. The third kappa shape index (κ3) is 3.31. The first kappa shape index (κ1) is 12.1. The molecular weight excluding hydrogens is 211 g/mol. The van der Waals surface area contributed by atoms with Crippen molar-refractivity contribution in [2.75, 3.05) is 7.11 Å². The average Bonchev–Trinajstić information content (AvgIpc) is 2.30. The number of carbonyl (C=O) groups is 2. The minimum Gasteiger partial charge on any atom is -0.469 e. The van der Waals surface area contributed by atoms with E-state index in [0.717, 1.165) is 6.07 Å². The molecule has 1 rings (SSSR count). The van der Waals surface area contributed by atoms with Crippen LogP contribution in [0.4, 0.5) is 4.39 Å². The third-order valence-electron chi connectivity index (χ3n) is 1.99. The van der Waals surface area contributed by atoms with Gasteiger partial charge in [0.25, 0.3) is 0 Å². The topological polar surface area (TPSA) is 43.4 Å². The Morgan fingerprint density at radius 1 is 1.44 bits per heavy atom. The van der Waals surface area contributed by atoms with Crippen LogP contribution in [0.3, 0.4) is 0 Å². The number of aldehydes is 1. The van der Waals surface area contributed by atoms with Crippen LogP contribution in [0.1, 0.15) is 22.3 Å². The van der Waals surface area contributed by atoms with Gasteiger partial charge < -0.3 is 4.74 Å². The van der Waals surface area contributed by atoms with Crippen LogP contribution in [0.2, 0.25) is 0 Å². The Morgan fingerprint density at radius 2 is 2.19 bits per heavy atom. The maximum atomic E-state index is 12.8. The van der Waals surface area contributed by atoms with Gasteiger partial charge in [0.2, 0.25) is 0 Å². The fourth-order valence-electron chi connectivity index (χ4n) is 1.16. The quantitative estimate of drug-likeness (QED) is 0.579. The first-order chi connectivity index (χ1) is 7.67. The summed E-state index contributed by atoms with van der Waals surface area (Å²) in [6, 6.07) is 3.88. The minimum atomic E-state index is -0.466. The highest BCUT2D eigenvalue weighted by Gasteiger charge is 2.00. The van der Waals surface area contributed by atoms with Crippen LogP contribution in [-0.4, -0.2) is 19.4 Å². The zero-order chi connectivity index (χ0) is 12.0. The van der Waals surface area contributed by atoms with Crippen molar-refractivity contribution in [1.82, 2.24) is 0 Å². The predicted octanol–water partition coefficient (Wildman–Crippen LogP) is 2.21. The minimum absolute atomic E-state index is 0.117. The Bertz CT molecular complexity index is 424. The molecule has 16 heavy (non-hydrogen) atoms. The summed E-state index contributed by atoms with van der Waals surface area (Å²) in [4.78, 5) is 21.4. The number of esters is 1. The van der Waals surface area contributed by atoms with E-state index in [0.29, 0.717) is 11.8 Å². The molecule has 84 valence electrons. The lowest BCUT2D eigenvalue weighted by atomic mass is 10.1. The Hall–Kier alpha value is -1.97. The Kier molecular flexibility index (Phi) is 4.39. The number of hydrogen-bond acceptors (Lipinski definition) is 3. The van der Waals surface area contributed by atoms with E-state index < -0.39 is 5.82 Å². The number of rotatable bonds is 4. The molecule has 1 aromatic rings. The molecule has 0 aliphatic heterocycles. The van der Waals surface area contributed by atoms with Crippen molar-refractivity contribution in [2.24, 2.45) is 0 Å². The van der Waals surface area contributed by atoms with Crippen molar-refractivity contribution in [1.29, 1.82) is 0 Å². The molecule has 1 aromatic carbocycles. The maximum Gasteiger partial charge on any atom is 0.309 e. The molecule has 0 heterocycles. The molecule has 0 amide bonds. The molecule has 0 spiro atoms. The predicted molar refractivity (Wildman–Crippen MR) is 57.5 cm³/mol. The second kappa shape index (κ2) is 5.80. The van der Waals surface area contributed by atoms with Crippen LogP contribution in [0, 0.1) is 5.82 Å². The first-order valence-corrected chi connectivity index (χ1v) is 4.65. The van der Waals surface area contributed by atoms with Gasteiger partial charge in [-0.2, -0.15) is 0 Å². The molecule has 0 saturated carbocycles. The van der Waals surface area contributed by atoms with E-state index in [1.165, 1.54) is 19.2 Å². The molecule has 0 bridgehead atoms. The van der Waals surface area contributed by atoms with Gasteiger partial charge in [0.05, 0.1) is 13.5 Å². The van der Waals surface area contributed by atoms with Gasteiger partial charge in [0, 0.05) is 5.56 Å². The second-order valence-corrected chi connectivity index (χ2v) is 3.07. The van der Waals surface area contributed by atoms with E-state index in [1.807, 2.05) is 0 Å². The number of methoxy groups -OCH3 is 1. The number of benzene rings is 1. The van der Waals surface area contributed by atoms with Crippen LogP contribution in [0.15, 0.2) is 24.3 Å². The molecular formula is C12H11FO3. The summed E-state index contributed by atoms with van der Waals surface area (Å²) in [7, 11) is 1.30. The fraction of sp³-hybridized carbons (Fsp3) is 0.167. The van der Waals surface area contributed by atoms with Crippen molar-refractivity contribution in [2.45, 2.75) is 6.42 Å². The molecule has 0 fully saturated rings. The Morgan fingerprint density at radius 3 is 2.81 bits per heavy atom. The largest absolute Gasteiger partial charge is 0.469 e. The van der Waals surface area contributed by atoms with Gasteiger partial charge in [-0.05, 0) is 17.7 Å². The third-order valence-corrected chi connectivity index (χ3v) is 1.99. The van der Waals surface area contributed by atoms with Crippen molar-refractivity contribution in [3.05, 3.63) is 41.2 Å². The summed E-state index contributed by atoms with van der Waals surface area (Å²) in [6.45, 7) is 0. The monoisotopic (exact) mass is 222 g/mol. The summed E-state index contributed by atoms with van der Waals surface area (Å²) in [5, 5.41) is 0. The molecule has 0 N–H and O–H groups in total. The molecule has 0 radical (unpaired) electrons. The van der Waals surface area contributed by atoms with Crippen LogP contribution in [0.25, 0.3) is 6.08 Å². The highest BCUT2D eigenvalue weighted by Crippen LogP contribution is 2.11. The smallest absolute Gasteiger partial charge is 0.309 e. The van der Waals surface area contributed by atoms with Gasteiger partial charge >= 0.3 is 5.97 Å². The highest BCUT2D eigenvalue weighted by atomic mass is 19.1. The molecule has 0 saturated heterocycles. The van der Waals surface area contributed by atoms with Gasteiger partial charge in [-0.3, -0.25) is 9.59 Å². The number of ether oxygens (including phenoxy) is 1. The lowest BCUT2D eigenvalue weighted by molar-refractivity contribution is -0.139. The van der Waals surface area contributed by atoms with Gasteiger partial charge in [0.1, 0.15) is 5.82 Å². The van der Waals surface area contributed by atoms with Gasteiger partial charge in [-0.25, -0.2) is 4.39 Å². The zero-order valence-corrected chi connectivity index (χ0v) is 8.77. The maximum absolute atomic E-state index is 12.8. The summed E-state index contributed by atoms with van der Waals surface area (Å²) in [5.41, 5.74) is 0.821. The summed E-state index contributed by atoms with van der Waals surface area (Å²) in [6.07, 6.45) is 3.83. The van der Waals surface area contributed by atoms with Crippen LogP contribution >= 0.6 is 0 Å². The molecule has 4 heteroatoms. The van der Waals surface area contributed by atoms with Crippen molar-refractivity contribution < 1.29 is 18.7 Å². The van der Waals surface area contributed by atoms with E-state index in [-0.39, 0.29) is 18.0 Å².